The van der Waals surface area contributed by atoms with Gasteiger partial charge in [-0.25, -0.2) is 0 Å². The van der Waals surface area contributed by atoms with E-state index in [9.17, 15) is 4.79 Å². The highest BCUT2D eigenvalue weighted by molar-refractivity contribution is 5.94. The van der Waals surface area contributed by atoms with Crippen LogP contribution in [0.3, 0.4) is 0 Å². The maximum Gasteiger partial charge on any atom is 0.254 e. The third-order valence-electron chi connectivity index (χ3n) is 5.11. The number of amides is 1. The summed E-state index contributed by atoms with van der Waals surface area (Å²) in [6, 6.07) is 8.17. The Bertz CT molecular complexity index is 761. The van der Waals surface area contributed by atoms with Crippen LogP contribution in [0.1, 0.15) is 51.8 Å². The van der Waals surface area contributed by atoms with Crippen molar-refractivity contribution in [2.75, 3.05) is 20.6 Å². The molecule has 5 nitrogen and oxygen atoms in total. The molecule has 0 spiro atoms. The van der Waals surface area contributed by atoms with Gasteiger partial charge in [-0.2, -0.15) is 5.10 Å². The normalized spacial score (nSPS) is 17.5. The minimum Gasteiger partial charge on any atom is -0.331 e. The van der Waals surface area contributed by atoms with Crippen LogP contribution in [0.15, 0.2) is 24.3 Å². The number of rotatable bonds is 4. The fourth-order valence-corrected chi connectivity index (χ4v) is 3.87. The lowest BCUT2D eigenvalue weighted by Gasteiger charge is -2.25. The molecule has 0 saturated carbocycles. The number of hydrogen-bond acceptors (Lipinski definition) is 3. The van der Waals surface area contributed by atoms with Crippen molar-refractivity contribution in [1.29, 1.82) is 0 Å². The third-order valence-corrected chi connectivity index (χ3v) is 5.11. The second kappa shape index (κ2) is 7.00. The Balaban J connectivity index is 1.83. The van der Waals surface area contributed by atoms with Gasteiger partial charge >= 0.3 is 0 Å². The number of carbonyl (C=O) groups excluding carboxylic acids is 1. The molecule has 0 radical (unpaired) electrons. The molecular weight excluding hydrogens is 312 g/mol. The molecule has 1 atom stereocenters. The molecule has 3 rings (SSSR count). The third kappa shape index (κ3) is 3.47. The van der Waals surface area contributed by atoms with E-state index in [-0.39, 0.29) is 11.9 Å². The summed E-state index contributed by atoms with van der Waals surface area (Å²) in [7, 11) is 6.06. The lowest BCUT2D eigenvalue weighted by Crippen LogP contribution is -2.31. The van der Waals surface area contributed by atoms with Gasteiger partial charge in [0.05, 0.1) is 11.7 Å². The number of benzene rings is 1. The van der Waals surface area contributed by atoms with Gasteiger partial charge < -0.3 is 9.80 Å². The molecule has 2 aromatic rings. The van der Waals surface area contributed by atoms with Crippen LogP contribution in [0.2, 0.25) is 0 Å². The maximum absolute atomic E-state index is 13.1. The molecule has 1 aromatic heterocycles. The highest BCUT2D eigenvalue weighted by Crippen LogP contribution is 2.36. The molecule has 1 unspecified atom stereocenters. The average molecular weight is 340 g/mol. The average Bonchev–Trinajstić information content (AvgIpc) is 3.12. The van der Waals surface area contributed by atoms with Gasteiger partial charge in [0.1, 0.15) is 0 Å². The lowest BCUT2D eigenvalue weighted by molar-refractivity contribution is 0.0735. The number of carbonyl (C=O) groups is 1. The van der Waals surface area contributed by atoms with Gasteiger partial charge in [0.2, 0.25) is 0 Å². The van der Waals surface area contributed by atoms with E-state index >= 15 is 0 Å². The molecule has 0 aliphatic carbocycles. The predicted octanol–water partition coefficient (Wildman–Crippen LogP) is 3.08. The first-order valence-electron chi connectivity index (χ1n) is 8.93. The molecular formula is C20H28N4O. The summed E-state index contributed by atoms with van der Waals surface area (Å²) in [6.07, 6.45) is 2.06. The fourth-order valence-electron chi connectivity index (χ4n) is 3.87. The minimum atomic E-state index is 0.126. The van der Waals surface area contributed by atoms with Crippen LogP contribution in [-0.4, -0.2) is 46.1 Å². The van der Waals surface area contributed by atoms with E-state index in [0.717, 1.165) is 42.9 Å². The van der Waals surface area contributed by atoms with E-state index in [1.165, 1.54) is 11.1 Å². The molecule has 0 bridgehead atoms. The molecule has 2 heterocycles. The number of aromatic nitrogens is 2. The lowest BCUT2D eigenvalue weighted by atomic mass is 10.0. The summed E-state index contributed by atoms with van der Waals surface area (Å²) in [6.45, 7) is 5.83. The Morgan fingerprint density at radius 1 is 1.24 bits per heavy atom. The van der Waals surface area contributed by atoms with Crippen LogP contribution in [0.4, 0.5) is 0 Å². The van der Waals surface area contributed by atoms with Crippen molar-refractivity contribution >= 4 is 5.91 Å². The molecule has 1 amide bonds. The molecule has 1 fully saturated rings. The summed E-state index contributed by atoms with van der Waals surface area (Å²) in [5, 5.41) is 4.53. The van der Waals surface area contributed by atoms with Crippen LogP contribution in [0, 0.1) is 13.8 Å². The molecule has 134 valence electrons. The van der Waals surface area contributed by atoms with E-state index in [1.807, 2.05) is 49.8 Å². The van der Waals surface area contributed by atoms with Crippen molar-refractivity contribution in [2.24, 2.45) is 7.05 Å². The Labute approximate surface area is 150 Å². The first-order valence-corrected chi connectivity index (χ1v) is 8.93. The molecule has 1 aliphatic rings. The van der Waals surface area contributed by atoms with E-state index in [0.29, 0.717) is 0 Å². The maximum atomic E-state index is 13.1. The van der Waals surface area contributed by atoms with Gasteiger partial charge in [0.15, 0.2) is 0 Å². The molecule has 0 N–H and O–H groups in total. The van der Waals surface area contributed by atoms with Crippen LogP contribution in [0.5, 0.6) is 0 Å². The number of nitrogens with zero attached hydrogens (tertiary/aromatic N) is 4. The summed E-state index contributed by atoms with van der Waals surface area (Å²) in [5.41, 5.74) is 5.40. The van der Waals surface area contributed by atoms with Crippen LogP contribution in [0.25, 0.3) is 0 Å². The summed E-state index contributed by atoms with van der Waals surface area (Å²) in [5.74, 6) is 0.126. The largest absolute Gasteiger partial charge is 0.331 e. The Hall–Kier alpha value is -2.14. The van der Waals surface area contributed by atoms with Gasteiger partial charge in [0.25, 0.3) is 5.91 Å². The second-order valence-corrected chi connectivity index (χ2v) is 7.30. The van der Waals surface area contributed by atoms with Crippen LogP contribution >= 0.6 is 0 Å². The second-order valence-electron chi connectivity index (χ2n) is 7.30. The van der Waals surface area contributed by atoms with Crippen molar-refractivity contribution in [2.45, 2.75) is 39.3 Å². The van der Waals surface area contributed by atoms with Crippen LogP contribution < -0.4 is 0 Å². The molecule has 5 heteroatoms. The van der Waals surface area contributed by atoms with Crippen molar-refractivity contribution in [1.82, 2.24) is 19.6 Å². The van der Waals surface area contributed by atoms with Gasteiger partial charge in [-0.1, -0.05) is 12.1 Å². The Morgan fingerprint density at radius 2 is 1.92 bits per heavy atom. The first kappa shape index (κ1) is 17.7. The predicted molar refractivity (Wildman–Crippen MR) is 99.5 cm³/mol. The van der Waals surface area contributed by atoms with E-state index in [4.69, 9.17) is 0 Å². The van der Waals surface area contributed by atoms with E-state index < -0.39 is 0 Å². The Morgan fingerprint density at radius 3 is 2.48 bits per heavy atom. The highest BCUT2D eigenvalue weighted by Gasteiger charge is 2.33. The van der Waals surface area contributed by atoms with Crippen molar-refractivity contribution in [3.8, 4) is 0 Å². The number of aryl methyl sites for hydroxylation is 2. The van der Waals surface area contributed by atoms with Gasteiger partial charge in [-0.15, -0.1) is 0 Å². The van der Waals surface area contributed by atoms with Crippen molar-refractivity contribution < 1.29 is 4.79 Å². The molecule has 25 heavy (non-hydrogen) atoms. The SMILES string of the molecule is Cc1nn(C)c(C)c1C1CCCN1C(=O)c1ccc(CN(C)C)cc1. The first-order chi connectivity index (χ1) is 11.9. The highest BCUT2D eigenvalue weighted by atomic mass is 16.2. The fraction of sp³-hybridized carbons (Fsp3) is 0.500. The number of likely N-dealkylation sites (tertiary alicyclic amines) is 1. The van der Waals surface area contributed by atoms with Gasteiger partial charge in [-0.3, -0.25) is 9.48 Å². The van der Waals surface area contributed by atoms with Gasteiger partial charge in [0, 0.05) is 37.0 Å². The standard InChI is InChI=1S/C20H28N4O/c1-14-19(15(2)23(5)21-14)18-7-6-12-24(18)20(25)17-10-8-16(9-11-17)13-22(3)4/h8-11,18H,6-7,12-13H2,1-5H3. The zero-order chi connectivity index (χ0) is 18.1. The molecule has 1 aliphatic heterocycles. The molecule has 1 aromatic carbocycles. The quantitative estimate of drug-likeness (QED) is 0.859. The van der Waals surface area contributed by atoms with Gasteiger partial charge in [-0.05, 0) is 58.5 Å². The summed E-state index contributed by atoms with van der Waals surface area (Å²) >= 11 is 0. The zero-order valence-corrected chi connectivity index (χ0v) is 15.9. The van der Waals surface area contributed by atoms with Crippen molar-refractivity contribution in [3.63, 3.8) is 0 Å². The monoisotopic (exact) mass is 340 g/mol. The Kier molecular flexibility index (Phi) is 4.95. The smallest absolute Gasteiger partial charge is 0.254 e. The molecule has 1 saturated heterocycles. The van der Waals surface area contributed by atoms with Crippen molar-refractivity contribution in [3.05, 3.63) is 52.3 Å². The topological polar surface area (TPSA) is 41.4 Å². The zero-order valence-electron chi connectivity index (χ0n) is 15.9. The van der Waals surface area contributed by atoms with Crippen LogP contribution in [-0.2, 0) is 13.6 Å². The van der Waals surface area contributed by atoms with E-state index in [1.54, 1.807) is 0 Å². The summed E-state index contributed by atoms with van der Waals surface area (Å²) < 4.78 is 1.92. The number of hydrogen-bond donors (Lipinski definition) is 0. The minimum absolute atomic E-state index is 0.126. The summed E-state index contributed by atoms with van der Waals surface area (Å²) in [4.78, 5) is 17.2. The van der Waals surface area contributed by atoms with E-state index in [2.05, 4.69) is 29.1 Å².